The molecule has 0 bridgehead atoms. The van der Waals surface area contributed by atoms with E-state index in [-0.39, 0.29) is 11.7 Å². The molecule has 1 aliphatic rings. The lowest BCUT2D eigenvalue weighted by Crippen LogP contribution is -2.16. The van der Waals surface area contributed by atoms with Crippen molar-refractivity contribution in [3.05, 3.63) is 52.4 Å². The van der Waals surface area contributed by atoms with Crippen LogP contribution < -0.4 is 10.6 Å². The van der Waals surface area contributed by atoms with Gasteiger partial charge in [0.15, 0.2) is 0 Å². The summed E-state index contributed by atoms with van der Waals surface area (Å²) >= 11 is 2.73. The SMILES string of the molecule is COC(=O)c1c(NC(=O)CSc2cccc(NC(=O)/C=C/C(=O)O)c2)sc2c1CCCCC2. The minimum Gasteiger partial charge on any atom is -0.478 e. The van der Waals surface area contributed by atoms with E-state index in [0.717, 1.165) is 59.6 Å². The van der Waals surface area contributed by atoms with Crippen LogP contribution in [0.4, 0.5) is 10.7 Å². The van der Waals surface area contributed by atoms with Gasteiger partial charge >= 0.3 is 11.9 Å². The highest BCUT2D eigenvalue weighted by Crippen LogP contribution is 2.38. The van der Waals surface area contributed by atoms with Crippen LogP contribution in [0.2, 0.25) is 0 Å². The molecule has 1 aliphatic carbocycles. The van der Waals surface area contributed by atoms with Gasteiger partial charge in [0.2, 0.25) is 11.8 Å². The van der Waals surface area contributed by atoms with Crippen molar-refractivity contribution in [2.75, 3.05) is 23.5 Å². The van der Waals surface area contributed by atoms with Crippen LogP contribution in [0, 0.1) is 0 Å². The first-order valence-corrected chi connectivity index (χ1v) is 12.1. The Kier molecular flexibility index (Phi) is 8.67. The number of thiophene rings is 1. The molecule has 0 atom stereocenters. The number of carbonyl (C=O) groups is 4. The zero-order valence-corrected chi connectivity index (χ0v) is 19.6. The number of carbonyl (C=O) groups excluding carboxylic acids is 3. The number of anilines is 2. The monoisotopic (exact) mass is 488 g/mol. The Morgan fingerprint density at radius 2 is 1.91 bits per heavy atom. The van der Waals surface area contributed by atoms with Crippen LogP contribution >= 0.6 is 23.1 Å². The molecule has 33 heavy (non-hydrogen) atoms. The zero-order valence-electron chi connectivity index (χ0n) is 18.0. The molecular formula is C23H24N2O6S2. The number of methoxy groups -OCH3 is 1. The normalized spacial score (nSPS) is 13.1. The average molecular weight is 489 g/mol. The molecule has 0 saturated heterocycles. The summed E-state index contributed by atoms with van der Waals surface area (Å²) in [6.45, 7) is 0. The maximum Gasteiger partial charge on any atom is 0.341 e. The summed E-state index contributed by atoms with van der Waals surface area (Å²) in [7, 11) is 1.34. The first kappa shape index (κ1) is 24.5. The highest BCUT2D eigenvalue weighted by molar-refractivity contribution is 8.00. The van der Waals surface area contributed by atoms with E-state index in [0.29, 0.717) is 16.3 Å². The van der Waals surface area contributed by atoms with Crippen molar-refractivity contribution in [3.8, 4) is 0 Å². The summed E-state index contributed by atoms with van der Waals surface area (Å²) in [5.41, 5.74) is 1.94. The molecule has 0 unspecified atom stereocenters. The molecule has 2 aromatic rings. The zero-order chi connectivity index (χ0) is 23.8. The number of ether oxygens (including phenoxy) is 1. The van der Waals surface area contributed by atoms with Crippen molar-refractivity contribution < 1.29 is 29.0 Å². The number of hydrogen-bond acceptors (Lipinski definition) is 7. The quantitative estimate of drug-likeness (QED) is 0.221. The second kappa shape index (κ2) is 11.7. The van der Waals surface area contributed by atoms with Gasteiger partial charge in [0.05, 0.1) is 18.4 Å². The lowest BCUT2D eigenvalue weighted by molar-refractivity contribution is -0.131. The number of aryl methyl sites for hydroxylation is 1. The van der Waals surface area contributed by atoms with E-state index in [2.05, 4.69) is 10.6 Å². The predicted octanol–water partition coefficient (Wildman–Crippen LogP) is 4.11. The number of hydrogen-bond donors (Lipinski definition) is 3. The molecule has 3 N–H and O–H groups in total. The molecular weight excluding hydrogens is 464 g/mol. The van der Waals surface area contributed by atoms with Crippen molar-refractivity contribution in [2.24, 2.45) is 0 Å². The number of aliphatic carboxylic acids is 1. The van der Waals surface area contributed by atoms with Gasteiger partial charge in [-0.1, -0.05) is 12.5 Å². The number of benzene rings is 1. The standard InChI is InChI=1S/C23H24N2O6S2/c1-31-23(30)21-16-8-3-2-4-9-17(16)33-22(21)25-19(27)13-32-15-7-5-6-14(12-15)24-18(26)10-11-20(28)29/h5-7,10-12H,2-4,8-9,13H2,1H3,(H,24,26)(H,25,27)(H,28,29)/b11-10+. The molecule has 1 aromatic heterocycles. The molecule has 0 fully saturated rings. The Bertz CT molecular complexity index is 1090. The largest absolute Gasteiger partial charge is 0.478 e. The molecule has 1 heterocycles. The Balaban J connectivity index is 1.64. The van der Waals surface area contributed by atoms with Crippen molar-refractivity contribution in [2.45, 2.75) is 37.0 Å². The second-order valence-corrected chi connectivity index (χ2v) is 9.44. The molecule has 3 rings (SSSR count). The smallest absolute Gasteiger partial charge is 0.341 e. The van der Waals surface area contributed by atoms with Gasteiger partial charge in [-0.05, 0) is 49.4 Å². The minimum atomic E-state index is -1.21. The third-order valence-electron chi connectivity index (χ3n) is 4.91. The summed E-state index contributed by atoms with van der Waals surface area (Å²) in [5.74, 6) is -2.35. The van der Waals surface area contributed by atoms with Crippen LogP contribution in [0.3, 0.4) is 0 Å². The number of esters is 1. The summed E-state index contributed by atoms with van der Waals surface area (Å²) in [6, 6.07) is 6.88. The van der Waals surface area contributed by atoms with Crippen molar-refractivity contribution in [3.63, 3.8) is 0 Å². The molecule has 0 aliphatic heterocycles. The number of rotatable bonds is 8. The van der Waals surface area contributed by atoms with Crippen LogP contribution in [-0.4, -0.2) is 41.7 Å². The van der Waals surface area contributed by atoms with Crippen molar-refractivity contribution >= 4 is 57.5 Å². The Labute approximate surface area is 199 Å². The van der Waals surface area contributed by atoms with Crippen molar-refractivity contribution in [1.82, 2.24) is 0 Å². The fourth-order valence-electron chi connectivity index (χ4n) is 3.45. The second-order valence-electron chi connectivity index (χ2n) is 7.29. The van der Waals surface area contributed by atoms with E-state index in [1.165, 1.54) is 30.2 Å². The number of thioether (sulfide) groups is 1. The van der Waals surface area contributed by atoms with Crippen molar-refractivity contribution in [1.29, 1.82) is 0 Å². The van der Waals surface area contributed by atoms with Gasteiger partial charge in [-0.2, -0.15) is 0 Å². The maximum absolute atomic E-state index is 12.6. The summed E-state index contributed by atoms with van der Waals surface area (Å²) in [6.07, 6.45) is 6.58. The van der Waals surface area contributed by atoms with E-state index in [1.807, 2.05) is 0 Å². The molecule has 2 amide bonds. The summed E-state index contributed by atoms with van der Waals surface area (Å²) in [4.78, 5) is 49.2. The first-order chi connectivity index (χ1) is 15.9. The summed E-state index contributed by atoms with van der Waals surface area (Å²) < 4.78 is 4.97. The molecule has 1 aromatic carbocycles. The molecule has 174 valence electrons. The van der Waals surface area contributed by atoms with Crippen LogP contribution in [0.15, 0.2) is 41.3 Å². The minimum absolute atomic E-state index is 0.111. The van der Waals surface area contributed by atoms with Crippen LogP contribution in [0.5, 0.6) is 0 Å². The fourth-order valence-corrected chi connectivity index (χ4v) is 5.50. The first-order valence-electron chi connectivity index (χ1n) is 10.3. The van der Waals surface area contributed by atoms with Gasteiger partial charge < -0.3 is 20.5 Å². The molecule has 0 saturated carbocycles. The van der Waals surface area contributed by atoms with E-state index < -0.39 is 17.8 Å². The summed E-state index contributed by atoms with van der Waals surface area (Å²) in [5, 5.41) is 14.6. The Hall–Kier alpha value is -3.11. The number of nitrogens with one attached hydrogen (secondary N) is 2. The van der Waals surface area contributed by atoms with Gasteiger partial charge in [0, 0.05) is 27.6 Å². The van der Waals surface area contributed by atoms with Gasteiger partial charge in [-0.25, -0.2) is 9.59 Å². The average Bonchev–Trinajstić information content (AvgIpc) is 2.96. The van der Waals surface area contributed by atoms with Crippen LogP contribution in [0.25, 0.3) is 0 Å². The highest BCUT2D eigenvalue weighted by Gasteiger charge is 2.26. The predicted molar refractivity (Wildman–Crippen MR) is 128 cm³/mol. The molecule has 10 heteroatoms. The lowest BCUT2D eigenvalue weighted by Gasteiger charge is -2.08. The van der Waals surface area contributed by atoms with Gasteiger partial charge in [-0.15, -0.1) is 23.1 Å². The van der Waals surface area contributed by atoms with Gasteiger partial charge in [0.1, 0.15) is 5.00 Å². The Morgan fingerprint density at radius 3 is 2.67 bits per heavy atom. The topological polar surface area (TPSA) is 122 Å². The Morgan fingerprint density at radius 1 is 1.12 bits per heavy atom. The fraction of sp³-hybridized carbons (Fsp3) is 0.304. The van der Waals surface area contributed by atoms with Gasteiger partial charge in [0.25, 0.3) is 0 Å². The molecule has 8 nitrogen and oxygen atoms in total. The van der Waals surface area contributed by atoms with E-state index in [1.54, 1.807) is 24.3 Å². The lowest BCUT2D eigenvalue weighted by atomic mass is 10.1. The van der Waals surface area contributed by atoms with Gasteiger partial charge in [-0.3, -0.25) is 9.59 Å². The number of carboxylic acid groups (broad SMARTS) is 1. The third kappa shape index (κ3) is 6.93. The van der Waals surface area contributed by atoms with E-state index in [9.17, 15) is 19.2 Å². The number of fused-ring (bicyclic) bond motifs is 1. The molecule has 0 spiro atoms. The third-order valence-corrected chi connectivity index (χ3v) is 7.11. The van der Waals surface area contributed by atoms with Crippen LogP contribution in [0.1, 0.15) is 40.1 Å². The van der Waals surface area contributed by atoms with E-state index in [4.69, 9.17) is 9.84 Å². The maximum atomic E-state index is 12.6. The van der Waals surface area contributed by atoms with E-state index >= 15 is 0 Å². The molecule has 0 radical (unpaired) electrons. The van der Waals surface area contributed by atoms with Crippen LogP contribution in [-0.2, 0) is 32.0 Å². The highest BCUT2D eigenvalue weighted by atomic mass is 32.2. The number of carboxylic acids is 1. The number of amides is 2.